The van der Waals surface area contributed by atoms with Crippen LogP contribution in [-0.2, 0) is 9.47 Å². The average molecular weight is 431 g/mol. The van der Waals surface area contributed by atoms with Crippen molar-refractivity contribution in [2.24, 2.45) is 0 Å². The van der Waals surface area contributed by atoms with Crippen molar-refractivity contribution in [1.82, 2.24) is 9.80 Å². The number of morpholine rings is 1. The first-order valence-corrected chi connectivity index (χ1v) is 9.45. The summed E-state index contributed by atoms with van der Waals surface area (Å²) in [7, 11) is 0. The molecule has 2 aliphatic rings. The molecule has 0 aromatic heterocycles. The van der Waals surface area contributed by atoms with Crippen molar-refractivity contribution in [3.63, 3.8) is 0 Å². The van der Waals surface area contributed by atoms with Crippen molar-refractivity contribution in [2.75, 3.05) is 31.6 Å². The van der Waals surface area contributed by atoms with Crippen LogP contribution < -0.4 is 10.1 Å². The Bertz CT molecular complexity index is 796. The standard InChI is InChI=1S/C19H24F3N3O5/c1-18(2,3)30-17(27)24-10-13-15(11-24)28-9-8-25(13)16(26)23-12-6-4-5-7-14(12)29-19(20,21)22/h4-7,13,15H,8-11H2,1-3H3,(H,23,26)/t13-,15+/m1/s1. The minimum Gasteiger partial charge on any atom is -0.444 e. The van der Waals surface area contributed by atoms with Gasteiger partial charge in [0.15, 0.2) is 5.75 Å². The molecule has 1 aromatic carbocycles. The summed E-state index contributed by atoms with van der Waals surface area (Å²) in [6, 6.07) is 4.25. The smallest absolute Gasteiger partial charge is 0.444 e. The number of anilines is 1. The van der Waals surface area contributed by atoms with Gasteiger partial charge in [-0.25, -0.2) is 9.59 Å². The molecule has 30 heavy (non-hydrogen) atoms. The lowest BCUT2D eigenvalue weighted by atomic mass is 10.1. The van der Waals surface area contributed by atoms with Crippen molar-refractivity contribution in [2.45, 2.75) is 44.9 Å². The summed E-state index contributed by atoms with van der Waals surface area (Å²) in [5.74, 6) is -0.509. The summed E-state index contributed by atoms with van der Waals surface area (Å²) in [5, 5.41) is 2.47. The van der Waals surface area contributed by atoms with Gasteiger partial charge in [0.1, 0.15) is 5.60 Å². The number of likely N-dealkylation sites (tertiary alicyclic amines) is 1. The maximum Gasteiger partial charge on any atom is 0.573 e. The molecule has 0 radical (unpaired) electrons. The van der Waals surface area contributed by atoms with Crippen LogP contribution in [0.25, 0.3) is 0 Å². The minimum atomic E-state index is -4.88. The van der Waals surface area contributed by atoms with Crippen LogP contribution in [-0.4, -0.2) is 72.3 Å². The van der Waals surface area contributed by atoms with Crippen molar-refractivity contribution in [1.29, 1.82) is 0 Å². The number of hydrogen-bond acceptors (Lipinski definition) is 5. The number of amides is 3. The molecular weight excluding hydrogens is 407 g/mol. The highest BCUT2D eigenvalue weighted by molar-refractivity contribution is 5.91. The van der Waals surface area contributed by atoms with Crippen LogP contribution in [0.2, 0.25) is 0 Å². The number of hydrogen-bond donors (Lipinski definition) is 1. The number of urea groups is 1. The van der Waals surface area contributed by atoms with E-state index in [4.69, 9.17) is 9.47 Å². The van der Waals surface area contributed by atoms with Gasteiger partial charge in [-0.05, 0) is 32.9 Å². The normalized spacial score (nSPS) is 21.8. The van der Waals surface area contributed by atoms with Gasteiger partial charge in [0, 0.05) is 13.1 Å². The molecule has 2 fully saturated rings. The van der Waals surface area contributed by atoms with E-state index in [1.165, 1.54) is 28.0 Å². The molecule has 0 bridgehead atoms. The lowest BCUT2D eigenvalue weighted by Crippen LogP contribution is -2.54. The second kappa shape index (κ2) is 8.21. The SMILES string of the molecule is CC(C)(C)OC(=O)N1C[C@@H]2OCCN(C(=O)Nc3ccccc3OC(F)(F)F)[C@@H]2C1. The van der Waals surface area contributed by atoms with Crippen LogP contribution in [0.3, 0.4) is 0 Å². The van der Waals surface area contributed by atoms with Gasteiger partial charge < -0.3 is 29.3 Å². The number of nitrogens with zero attached hydrogens (tertiary/aromatic N) is 2. The van der Waals surface area contributed by atoms with E-state index in [9.17, 15) is 22.8 Å². The van der Waals surface area contributed by atoms with Crippen molar-refractivity contribution < 1.29 is 37.0 Å². The first-order valence-electron chi connectivity index (χ1n) is 9.45. The molecule has 2 atom stereocenters. The van der Waals surface area contributed by atoms with E-state index >= 15 is 0 Å². The van der Waals surface area contributed by atoms with E-state index in [2.05, 4.69) is 10.1 Å². The molecule has 0 aliphatic carbocycles. The van der Waals surface area contributed by atoms with Gasteiger partial charge in [-0.15, -0.1) is 13.2 Å². The number of halogens is 3. The van der Waals surface area contributed by atoms with E-state index in [-0.39, 0.29) is 31.9 Å². The number of rotatable bonds is 2. The molecule has 3 rings (SSSR count). The molecule has 0 unspecified atom stereocenters. The van der Waals surface area contributed by atoms with Crippen LogP contribution >= 0.6 is 0 Å². The number of nitrogens with one attached hydrogen (secondary N) is 1. The van der Waals surface area contributed by atoms with Crippen LogP contribution in [0.15, 0.2) is 24.3 Å². The first kappa shape index (κ1) is 22.0. The van der Waals surface area contributed by atoms with Gasteiger partial charge >= 0.3 is 18.5 Å². The maximum absolute atomic E-state index is 12.8. The summed E-state index contributed by atoms with van der Waals surface area (Å²) in [6.07, 6.45) is -5.80. The predicted molar refractivity (Wildman–Crippen MR) is 100 cm³/mol. The molecule has 1 aromatic rings. The summed E-state index contributed by atoms with van der Waals surface area (Å²) in [4.78, 5) is 28.1. The van der Waals surface area contributed by atoms with Crippen molar-refractivity contribution >= 4 is 17.8 Å². The molecular formula is C19H24F3N3O5. The van der Waals surface area contributed by atoms with Gasteiger partial charge in [-0.1, -0.05) is 12.1 Å². The second-order valence-corrected chi connectivity index (χ2v) is 8.03. The molecule has 3 amide bonds. The number of ether oxygens (including phenoxy) is 3. The van der Waals surface area contributed by atoms with Crippen LogP contribution in [0, 0.1) is 0 Å². The number of fused-ring (bicyclic) bond motifs is 1. The van der Waals surface area contributed by atoms with Gasteiger partial charge in [-0.2, -0.15) is 0 Å². The number of para-hydroxylation sites is 2. The highest BCUT2D eigenvalue weighted by Gasteiger charge is 2.45. The van der Waals surface area contributed by atoms with Gasteiger partial charge in [0.25, 0.3) is 0 Å². The summed E-state index contributed by atoms with van der Waals surface area (Å²) >= 11 is 0. The number of benzene rings is 1. The van der Waals surface area contributed by atoms with Gasteiger partial charge in [0.05, 0.1) is 31.0 Å². The zero-order valence-electron chi connectivity index (χ0n) is 16.9. The third-order valence-electron chi connectivity index (χ3n) is 4.57. The van der Waals surface area contributed by atoms with Crippen LogP contribution in [0.1, 0.15) is 20.8 Å². The van der Waals surface area contributed by atoms with E-state index < -0.39 is 42.0 Å². The molecule has 8 nitrogen and oxygen atoms in total. The van der Waals surface area contributed by atoms with Gasteiger partial charge in [-0.3, -0.25) is 0 Å². The summed E-state index contributed by atoms with van der Waals surface area (Å²) < 4.78 is 52.9. The molecule has 2 aliphatic heterocycles. The molecule has 2 saturated heterocycles. The third kappa shape index (κ3) is 5.47. The Morgan fingerprint density at radius 3 is 2.53 bits per heavy atom. The summed E-state index contributed by atoms with van der Waals surface area (Å²) in [5.41, 5.74) is -0.768. The Morgan fingerprint density at radius 1 is 1.17 bits per heavy atom. The fourth-order valence-corrected chi connectivity index (χ4v) is 3.39. The quantitative estimate of drug-likeness (QED) is 0.776. The van der Waals surface area contributed by atoms with Gasteiger partial charge in [0.2, 0.25) is 0 Å². The highest BCUT2D eigenvalue weighted by Crippen LogP contribution is 2.31. The molecule has 0 spiro atoms. The van der Waals surface area contributed by atoms with Crippen LogP contribution in [0.4, 0.5) is 28.4 Å². The fourth-order valence-electron chi connectivity index (χ4n) is 3.39. The lowest BCUT2D eigenvalue weighted by Gasteiger charge is -2.36. The molecule has 166 valence electrons. The number of carbonyl (C=O) groups excluding carboxylic acids is 2. The minimum absolute atomic E-state index is 0.107. The van der Waals surface area contributed by atoms with E-state index in [1.807, 2.05) is 0 Å². The van der Waals surface area contributed by atoms with Crippen molar-refractivity contribution in [3.8, 4) is 5.75 Å². The Morgan fingerprint density at radius 2 is 1.87 bits per heavy atom. The van der Waals surface area contributed by atoms with Crippen molar-refractivity contribution in [3.05, 3.63) is 24.3 Å². The summed E-state index contributed by atoms with van der Waals surface area (Å²) in [6.45, 7) is 6.21. The maximum atomic E-state index is 12.8. The predicted octanol–water partition coefficient (Wildman–Crippen LogP) is 3.44. The molecule has 11 heteroatoms. The van der Waals surface area contributed by atoms with E-state index in [1.54, 1.807) is 20.8 Å². The first-order chi connectivity index (χ1) is 13.9. The Hall–Kier alpha value is -2.69. The van der Waals surface area contributed by atoms with E-state index in [0.29, 0.717) is 0 Å². The number of alkyl halides is 3. The average Bonchev–Trinajstić information content (AvgIpc) is 3.05. The van der Waals surface area contributed by atoms with E-state index in [0.717, 1.165) is 6.07 Å². The zero-order chi connectivity index (χ0) is 22.1. The third-order valence-corrected chi connectivity index (χ3v) is 4.57. The largest absolute Gasteiger partial charge is 0.573 e. The monoisotopic (exact) mass is 431 g/mol. The number of carbonyl (C=O) groups is 2. The fraction of sp³-hybridized carbons (Fsp3) is 0.579. The zero-order valence-corrected chi connectivity index (χ0v) is 16.9. The molecule has 2 heterocycles. The highest BCUT2D eigenvalue weighted by atomic mass is 19.4. The molecule has 1 N–H and O–H groups in total. The topological polar surface area (TPSA) is 80.3 Å². The Labute approximate surface area is 171 Å². The second-order valence-electron chi connectivity index (χ2n) is 8.03. The Kier molecular flexibility index (Phi) is 6.02. The Balaban J connectivity index is 1.69. The lowest BCUT2D eigenvalue weighted by molar-refractivity contribution is -0.274. The molecule has 0 saturated carbocycles. The van der Waals surface area contributed by atoms with Crippen LogP contribution in [0.5, 0.6) is 5.75 Å².